The molecule has 0 amide bonds. The highest BCUT2D eigenvalue weighted by Crippen LogP contribution is 2.25. The van der Waals surface area contributed by atoms with E-state index >= 15 is 0 Å². The van der Waals surface area contributed by atoms with Crippen molar-refractivity contribution >= 4 is 17.6 Å². The van der Waals surface area contributed by atoms with Crippen molar-refractivity contribution in [3.63, 3.8) is 0 Å². The number of nitrogens with zero attached hydrogens (tertiary/aromatic N) is 4. The molecule has 6 nitrogen and oxygen atoms in total. The SMILES string of the molecule is Cc1cc(N2CCc3ccccc3C2)nc(Nc2cc(C)on2)n1. The van der Waals surface area contributed by atoms with Gasteiger partial charge in [-0.2, -0.15) is 4.98 Å². The normalized spacial score (nSPS) is 13.7. The highest BCUT2D eigenvalue weighted by molar-refractivity contribution is 5.53. The molecular weight excluding hydrogens is 302 g/mol. The van der Waals surface area contributed by atoms with E-state index in [4.69, 9.17) is 4.52 Å². The van der Waals surface area contributed by atoms with Crippen molar-refractivity contribution in [3.8, 4) is 0 Å². The predicted molar refractivity (Wildman–Crippen MR) is 92.5 cm³/mol. The standard InChI is InChI=1S/C18H19N5O/c1-12-9-17(21-18(19-12)20-16-10-13(2)24-22-16)23-8-7-14-5-3-4-6-15(14)11-23/h3-6,9-10H,7-8,11H2,1-2H3,(H,19,20,21,22). The molecule has 4 rings (SSSR count). The molecule has 3 heterocycles. The van der Waals surface area contributed by atoms with Crippen LogP contribution in [0, 0.1) is 13.8 Å². The van der Waals surface area contributed by atoms with Crippen molar-refractivity contribution in [3.05, 3.63) is 59.0 Å². The summed E-state index contributed by atoms with van der Waals surface area (Å²) in [6, 6.07) is 12.4. The van der Waals surface area contributed by atoms with Crippen LogP contribution in [0.4, 0.5) is 17.6 Å². The van der Waals surface area contributed by atoms with Gasteiger partial charge in [0.05, 0.1) is 0 Å². The summed E-state index contributed by atoms with van der Waals surface area (Å²) in [6.07, 6.45) is 1.03. The van der Waals surface area contributed by atoms with E-state index in [2.05, 4.69) is 49.6 Å². The minimum atomic E-state index is 0.539. The number of nitrogens with one attached hydrogen (secondary N) is 1. The van der Waals surface area contributed by atoms with Crippen LogP contribution >= 0.6 is 0 Å². The van der Waals surface area contributed by atoms with Gasteiger partial charge in [-0.1, -0.05) is 29.4 Å². The maximum Gasteiger partial charge on any atom is 0.230 e. The Labute approximate surface area is 140 Å². The number of benzene rings is 1. The van der Waals surface area contributed by atoms with Gasteiger partial charge in [0.1, 0.15) is 11.6 Å². The van der Waals surface area contributed by atoms with E-state index in [1.165, 1.54) is 11.1 Å². The maximum absolute atomic E-state index is 5.07. The Kier molecular flexibility index (Phi) is 3.65. The summed E-state index contributed by atoms with van der Waals surface area (Å²) in [7, 11) is 0. The van der Waals surface area contributed by atoms with Crippen LogP contribution in [0.1, 0.15) is 22.6 Å². The Balaban J connectivity index is 1.60. The number of rotatable bonds is 3. The van der Waals surface area contributed by atoms with E-state index in [-0.39, 0.29) is 0 Å². The lowest BCUT2D eigenvalue weighted by atomic mass is 10.00. The lowest BCUT2D eigenvalue weighted by Gasteiger charge is -2.30. The predicted octanol–water partition coefficient (Wildman–Crippen LogP) is 3.39. The zero-order chi connectivity index (χ0) is 16.5. The molecule has 0 aliphatic carbocycles. The fourth-order valence-corrected chi connectivity index (χ4v) is 3.00. The second-order valence-electron chi connectivity index (χ2n) is 6.08. The van der Waals surface area contributed by atoms with Crippen LogP contribution < -0.4 is 10.2 Å². The van der Waals surface area contributed by atoms with E-state index in [9.17, 15) is 0 Å². The first-order chi connectivity index (χ1) is 11.7. The number of aryl methyl sites for hydroxylation is 2. The first-order valence-corrected chi connectivity index (χ1v) is 8.05. The van der Waals surface area contributed by atoms with E-state index in [0.717, 1.165) is 36.8 Å². The second kappa shape index (κ2) is 5.96. The van der Waals surface area contributed by atoms with Gasteiger partial charge in [0.25, 0.3) is 0 Å². The van der Waals surface area contributed by atoms with Crippen LogP contribution in [0.3, 0.4) is 0 Å². The van der Waals surface area contributed by atoms with E-state index in [1.807, 2.05) is 26.0 Å². The van der Waals surface area contributed by atoms with Gasteiger partial charge in [-0.3, -0.25) is 0 Å². The molecule has 24 heavy (non-hydrogen) atoms. The lowest BCUT2D eigenvalue weighted by Crippen LogP contribution is -2.31. The van der Waals surface area contributed by atoms with Crippen molar-refractivity contribution in [2.75, 3.05) is 16.8 Å². The average Bonchev–Trinajstić information content (AvgIpc) is 2.98. The van der Waals surface area contributed by atoms with Gasteiger partial charge in [0, 0.05) is 30.9 Å². The Morgan fingerprint density at radius 2 is 1.92 bits per heavy atom. The molecule has 2 aromatic heterocycles. The van der Waals surface area contributed by atoms with Gasteiger partial charge in [-0.05, 0) is 31.4 Å². The number of hydrogen-bond acceptors (Lipinski definition) is 6. The Morgan fingerprint density at radius 1 is 1.08 bits per heavy atom. The average molecular weight is 321 g/mol. The Morgan fingerprint density at radius 3 is 2.71 bits per heavy atom. The van der Waals surface area contributed by atoms with Crippen LogP contribution in [0.15, 0.2) is 40.9 Å². The van der Waals surface area contributed by atoms with Crippen molar-refractivity contribution in [1.82, 2.24) is 15.1 Å². The van der Waals surface area contributed by atoms with Gasteiger partial charge in [-0.25, -0.2) is 4.98 Å². The summed E-state index contributed by atoms with van der Waals surface area (Å²) in [5.74, 6) is 2.84. The van der Waals surface area contributed by atoms with Crippen molar-refractivity contribution in [2.24, 2.45) is 0 Å². The molecule has 0 unspecified atom stereocenters. The molecule has 1 aromatic carbocycles. The largest absolute Gasteiger partial charge is 0.360 e. The molecule has 122 valence electrons. The zero-order valence-electron chi connectivity index (χ0n) is 13.8. The third kappa shape index (κ3) is 2.95. The quantitative estimate of drug-likeness (QED) is 0.797. The molecule has 1 aliphatic rings. The molecule has 3 aromatic rings. The second-order valence-corrected chi connectivity index (χ2v) is 6.08. The smallest absolute Gasteiger partial charge is 0.230 e. The summed E-state index contributed by atoms with van der Waals surface area (Å²) >= 11 is 0. The van der Waals surface area contributed by atoms with Crippen LogP contribution in [0.25, 0.3) is 0 Å². The number of anilines is 3. The molecule has 0 fully saturated rings. The Bertz CT molecular complexity index is 873. The summed E-state index contributed by atoms with van der Waals surface area (Å²) < 4.78 is 5.07. The molecule has 0 saturated carbocycles. The van der Waals surface area contributed by atoms with Gasteiger partial charge in [0.15, 0.2) is 5.82 Å². The fraction of sp³-hybridized carbons (Fsp3) is 0.278. The summed E-state index contributed by atoms with van der Waals surface area (Å²) in [6.45, 7) is 5.65. The third-order valence-corrected chi connectivity index (χ3v) is 4.16. The Hall–Kier alpha value is -2.89. The van der Waals surface area contributed by atoms with Crippen molar-refractivity contribution in [1.29, 1.82) is 0 Å². The fourth-order valence-electron chi connectivity index (χ4n) is 3.00. The minimum absolute atomic E-state index is 0.539. The van der Waals surface area contributed by atoms with E-state index in [1.54, 1.807) is 0 Å². The van der Waals surface area contributed by atoms with Crippen molar-refractivity contribution < 1.29 is 4.52 Å². The minimum Gasteiger partial charge on any atom is -0.360 e. The maximum atomic E-state index is 5.07. The molecule has 1 N–H and O–H groups in total. The molecule has 0 radical (unpaired) electrons. The van der Waals surface area contributed by atoms with Gasteiger partial charge in [-0.15, -0.1) is 0 Å². The van der Waals surface area contributed by atoms with Crippen LogP contribution in [0.2, 0.25) is 0 Å². The van der Waals surface area contributed by atoms with E-state index in [0.29, 0.717) is 11.8 Å². The first kappa shape index (κ1) is 14.7. The van der Waals surface area contributed by atoms with Crippen molar-refractivity contribution in [2.45, 2.75) is 26.8 Å². The van der Waals surface area contributed by atoms with Gasteiger partial charge >= 0.3 is 0 Å². The molecule has 6 heteroatoms. The highest BCUT2D eigenvalue weighted by atomic mass is 16.5. The van der Waals surface area contributed by atoms with Crippen LogP contribution in [0.5, 0.6) is 0 Å². The number of aromatic nitrogens is 3. The number of hydrogen-bond donors (Lipinski definition) is 1. The lowest BCUT2D eigenvalue weighted by molar-refractivity contribution is 0.400. The first-order valence-electron chi connectivity index (χ1n) is 8.05. The summed E-state index contributed by atoms with van der Waals surface area (Å²) in [5, 5.41) is 7.04. The molecule has 0 bridgehead atoms. The summed E-state index contributed by atoms with van der Waals surface area (Å²) in [5.41, 5.74) is 3.71. The monoisotopic (exact) mass is 321 g/mol. The molecule has 0 saturated heterocycles. The molecule has 0 atom stereocenters. The topological polar surface area (TPSA) is 67.1 Å². The molecule has 0 spiro atoms. The van der Waals surface area contributed by atoms with Crippen LogP contribution in [-0.4, -0.2) is 21.7 Å². The zero-order valence-corrected chi connectivity index (χ0v) is 13.8. The molecular formula is C18H19N5O. The summed E-state index contributed by atoms with van der Waals surface area (Å²) in [4.78, 5) is 11.4. The van der Waals surface area contributed by atoms with E-state index < -0.39 is 0 Å². The van der Waals surface area contributed by atoms with Gasteiger partial charge < -0.3 is 14.7 Å². The van der Waals surface area contributed by atoms with Crippen LogP contribution in [-0.2, 0) is 13.0 Å². The number of fused-ring (bicyclic) bond motifs is 1. The van der Waals surface area contributed by atoms with Gasteiger partial charge in [0.2, 0.25) is 5.95 Å². The third-order valence-electron chi connectivity index (χ3n) is 4.16. The highest BCUT2D eigenvalue weighted by Gasteiger charge is 2.18. The molecule has 1 aliphatic heterocycles.